The van der Waals surface area contributed by atoms with E-state index in [0.717, 1.165) is 137 Å². The molecule has 0 fully saturated rings. The highest BCUT2D eigenvalue weighted by molar-refractivity contribution is 6.77. The summed E-state index contributed by atoms with van der Waals surface area (Å²) in [7, 11) is 0. The van der Waals surface area contributed by atoms with E-state index in [9.17, 15) is 26.3 Å². The first-order valence-electron chi connectivity index (χ1n) is 29.0. The van der Waals surface area contributed by atoms with Crippen molar-refractivity contribution in [2.75, 3.05) is 26.2 Å². The third-order valence-corrected chi connectivity index (χ3v) is 27.9. The second-order valence-electron chi connectivity index (χ2n) is 27.5. The van der Waals surface area contributed by atoms with Gasteiger partial charge < -0.3 is 4.48 Å². The van der Waals surface area contributed by atoms with Gasteiger partial charge in [-0.3, -0.25) is 0 Å². The lowest BCUT2D eigenvalue weighted by Crippen LogP contribution is -2.48. The Balaban J connectivity index is 0.000000391. The maximum absolute atomic E-state index is 13.1. The Morgan fingerprint density at radius 2 is 0.418 bits per heavy atom. The van der Waals surface area contributed by atoms with Gasteiger partial charge in [-0.25, -0.2) is 0 Å². The van der Waals surface area contributed by atoms with Crippen molar-refractivity contribution < 1.29 is 4.48 Å². The van der Waals surface area contributed by atoms with Crippen molar-refractivity contribution in [1.82, 2.24) is 0 Å². The highest BCUT2D eigenvalue weighted by Crippen LogP contribution is 2.88. The van der Waals surface area contributed by atoms with Crippen molar-refractivity contribution in [3.63, 3.8) is 0 Å². The van der Waals surface area contributed by atoms with Crippen molar-refractivity contribution in [2.24, 2.45) is 0 Å². The van der Waals surface area contributed by atoms with Crippen LogP contribution in [0.25, 0.3) is 215 Å². The highest BCUT2D eigenvalue weighted by Gasteiger charge is 2.75. The van der Waals surface area contributed by atoms with E-state index in [1.165, 1.54) is 192 Å². The quantitative estimate of drug-likeness (QED) is 0.0988. The number of hydrogen-bond donors (Lipinski definition) is 0. The van der Waals surface area contributed by atoms with Crippen LogP contribution >= 0.6 is 0 Å². The number of quaternary nitrogens is 1. The minimum Gasteiger partial charge on any atom is -0.325 e. The zero-order chi connectivity index (χ0) is 50.1. The third-order valence-electron chi connectivity index (χ3n) is 27.9. The van der Waals surface area contributed by atoms with Crippen molar-refractivity contribution in [1.29, 1.82) is 26.3 Å². The zero-order valence-electron chi connectivity index (χ0n) is 42.0. The van der Waals surface area contributed by atoms with Gasteiger partial charge in [0.1, 0.15) is 10.8 Å². The van der Waals surface area contributed by atoms with Gasteiger partial charge in [0.2, 0.25) is 0 Å². The van der Waals surface area contributed by atoms with Crippen LogP contribution in [0.15, 0.2) is 0 Å². The summed E-state index contributed by atoms with van der Waals surface area (Å²) in [5.41, 5.74) is 6.99. The van der Waals surface area contributed by atoms with Crippen LogP contribution in [0.4, 0.5) is 0 Å². The monoisotopic (exact) mass is 980 g/mol. The highest BCUT2D eigenvalue weighted by atomic mass is 15.3. The molecule has 0 saturated carbocycles. The molecule has 342 valence electrons. The van der Waals surface area contributed by atoms with E-state index < -0.39 is 27.1 Å². The molecule has 79 heavy (non-hydrogen) atoms. The second-order valence-corrected chi connectivity index (χ2v) is 27.5. The van der Waals surface area contributed by atoms with E-state index in [2.05, 4.69) is 58.0 Å². The Bertz CT molecular complexity index is 6120. The van der Waals surface area contributed by atoms with Crippen LogP contribution in [0, 0.1) is 56.7 Å². The number of nitriles is 5. The fourth-order valence-electron chi connectivity index (χ4n) is 26.6. The minimum atomic E-state index is -1.37. The third kappa shape index (κ3) is 1.81. The minimum absolute atomic E-state index is 0.794. The maximum Gasteiger partial charge on any atom is 0.112 e. The lowest BCUT2D eigenvalue weighted by atomic mass is 9.49. The van der Waals surface area contributed by atoms with E-state index in [0.29, 0.717) is 0 Å². The lowest BCUT2D eigenvalue weighted by molar-refractivity contribution is -0.921. The number of nitrogens with zero attached hydrogens (tertiary/aromatic N) is 6. The van der Waals surface area contributed by atoms with Crippen molar-refractivity contribution in [3.8, 4) is 30.3 Å². The fourth-order valence-corrected chi connectivity index (χ4v) is 26.6. The van der Waals surface area contributed by atoms with Crippen LogP contribution in [0.2, 0.25) is 0 Å². The van der Waals surface area contributed by atoms with Crippen LogP contribution in [-0.2, 0) is 27.1 Å². The first-order valence-corrected chi connectivity index (χ1v) is 29.0. The molecule has 0 spiro atoms. The summed E-state index contributed by atoms with van der Waals surface area (Å²) in [5, 5.41) is 117. The molecule has 0 atom stereocenters. The summed E-state index contributed by atoms with van der Waals surface area (Å²) in [6.07, 6.45) is 0. The Morgan fingerprint density at radius 1 is 0.241 bits per heavy atom. The molecule has 22 aromatic rings. The number of hydrogen-bond acceptors (Lipinski definition) is 5. The molecule has 0 bridgehead atoms. The van der Waals surface area contributed by atoms with Gasteiger partial charge in [-0.1, -0.05) is 0 Å². The van der Waals surface area contributed by atoms with E-state index in [1.54, 1.807) is 0 Å². The van der Waals surface area contributed by atoms with Crippen LogP contribution < -0.4 is 0 Å². The second kappa shape index (κ2) is 7.70. The SMILES string of the molecule is CC[N+](CC)(CC)CC.N#CC12c3c4c5c1c1c6c7c5c5c8c4c4c9c8c8c%10c%11c%12c8c8c%13c%14c%12c%12c%15c%11c(c7c5%10)c5c%15c7c%10c%12c%14c%11c%12c%13c(c89)c8c4c3[C@]3(C#N)c8c%12[C@]4(C#N)c%11c%10[C@]8(C#N)c7c(c56)[C@@]1(C#N)c1c8c4c3[c-]12. The molecule has 0 saturated heterocycles. The van der Waals surface area contributed by atoms with Crippen molar-refractivity contribution in [2.45, 2.75) is 54.8 Å². The molecular formula is C73H20N6. The standard InChI is InChI=1S/C65N5.C8H20N/c66-1-61-46-36-26-16-11-6-7-9-10-8(6)13-20-18(11)28(26)38-40-30(20)32-22(13)24-15(10)25-23-14(9)21-19-12(7)17(16)27-29(19)39-41-31(21)33(23)43-45-35(25)34(24)44-42(32)52-50(40)62(2-67,48(38)46)57-56(61)58-60-59(57)64(52,4-69)54(44)55(45)65(60,5-70)53(43)51(41)63(58,3-68)49(39)47(61)37(27)36;1-5-9(6-2,7-3)8-4/h;5-8H2,1-4H3/q-1;+1/t61-,62+,63-,64+,65?;. The van der Waals surface area contributed by atoms with Gasteiger partial charge in [0, 0.05) is 0 Å². The average molecular weight is 981 g/mol. The molecule has 0 aliphatic heterocycles. The van der Waals surface area contributed by atoms with E-state index in [1.807, 2.05) is 0 Å². The largest absolute Gasteiger partial charge is 0.325 e. The predicted octanol–water partition coefficient (Wildman–Crippen LogP) is 15.3. The molecule has 10 aliphatic rings. The number of rotatable bonds is 4. The molecule has 22 aromatic carbocycles. The first-order chi connectivity index (χ1) is 38.9. The van der Waals surface area contributed by atoms with Gasteiger partial charge in [0.15, 0.2) is 0 Å². The van der Waals surface area contributed by atoms with Gasteiger partial charge in [0.05, 0.1) is 72.8 Å². The molecule has 6 nitrogen and oxygen atoms in total. The Hall–Kier alpha value is -9.74. The molecule has 0 unspecified atom stereocenters. The molecule has 32 rings (SSSR count). The molecule has 0 amide bonds. The number of benzene rings is 15. The summed E-state index contributed by atoms with van der Waals surface area (Å²) in [5.74, 6) is 0. The zero-order valence-corrected chi connectivity index (χ0v) is 42.0. The molecular weight excluding hydrogens is 961 g/mol. The molecule has 0 aromatic heterocycles. The summed E-state index contributed by atoms with van der Waals surface area (Å²) in [4.78, 5) is 0. The molecule has 0 N–H and O–H groups in total. The van der Waals surface area contributed by atoms with Gasteiger partial charge in [-0.05, 0) is 299 Å². The van der Waals surface area contributed by atoms with E-state index in [4.69, 9.17) is 0 Å². The van der Waals surface area contributed by atoms with Gasteiger partial charge in [0.25, 0.3) is 0 Å². The Morgan fingerprint density at radius 3 is 0.595 bits per heavy atom. The van der Waals surface area contributed by atoms with E-state index >= 15 is 0 Å². The predicted molar refractivity (Wildman–Crippen MR) is 310 cm³/mol. The van der Waals surface area contributed by atoms with Gasteiger partial charge in [-0.2, -0.15) is 37.4 Å². The molecule has 6 heteroatoms. The maximum atomic E-state index is 13.1. The van der Waals surface area contributed by atoms with Gasteiger partial charge >= 0.3 is 0 Å². The topological polar surface area (TPSA) is 119 Å². The van der Waals surface area contributed by atoms with Crippen LogP contribution in [0.5, 0.6) is 0 Å². The average Bonchev–Trinajstić information content (AvgIpc) is 1.39. The molecule has 10 aliphatic carbocycles. The van der Waals surface area contributed by atoms with Gasteiger partial charge in [-0.15, -0.1) is 16.7 Å². The molecule has 0 heterocycles. The Kier molecular flexibility index (Phi) is 3.26. The summed E-state index contributed by atoms with van der Waals surface area (Å²) < 4.78 is 1.28. The van der Waals surface area contributed by atoms with Crippen LogP contribution in [0.1, 0.15) is 111 Å². The van der Waals surface area contributed by atoms with E-state index in [-0.39, 0.29) is 0 Å². The summed E-state index contributed by atoms with van der Waals surface area (Å²) in [6.45, 7) is 14.2. The van der Waals surface area contributed by atoms with Crippen LogP contribution in [-0.4, -0.2) is 30.7 Å². The molecule has 0 radical (unpaired) electrons. The Labute approximate surface area is 438 Å². The normalized spacial score (nSPS) is 26.4. The summed E-state index contributed by atoms with van der Waals surface area (Å²) in [6, 6.07) is 16.2. The van der Waals surface area contributed by atoms with Crippen molar-refractivity contribution >= 4 is 215 Å². The van der Waals surface area contributed by atoms with Crippen LogP contribution in [0.3, 0.4) is 0 Å². The summed E-state index contributed by atoms with van der Waals surface area (Å²) >= 11 is 0. The first kappa shape index (κ1) is 33.4. The smallest absolute Gasteiger partial charge is 0.112 e. The lowest BCUT2D eigenvalue weighted by Gasteiger charge is -2.54. The fraction of sp³-hybridized carbons (Fsp3) is 0.178. The van der Waals surface area contributed by atoms with Crippen molar-refractivity contribution in [3.05, 3.63) is 83.5 Å².